The Morgan fingerprint density at radius 1 is 1.14 bits per heavy atom. The van der Waals surface area contributed by atoms with Gasteiger partial charge in [0.05, 0.1) is 5.56 Å². The Kier molecular flexibility index (Phi) is 4.99. The fourth-order valence-corrected chi connectivity index (χ4v) is 3.00. The van der Waals surface area contributed by atoms with Crippen LogP contribution < -0.4 is 5.32 Å². The van der Waals surface area contributed by atoms with E-state index in [-0.39, 0.29) is 16.9 Å². The van der Waals surface area contributed by atoms with E-state index in [1.165, 1.54) is 19.3 Å². The summed E-state index contributed by atoms with van der Waals surface area (Å²) in [4.78, 5) is 22.8. The molecule has 1 aromatic carbocycles. The fourth-order valence-electron chi connectivity index (χ4n) is 3.00. The molecule has 1 saturated carbocycles. The number of carbonyl (C=O) groups excluding carboxylic acids is 1. The van der Waals surface area contributed by atoms with Crippen LogP contribution in [-0.4, -0.2) is 17.0 Å². The number of carbonyl (C=O) groups is 2. The third-order valence-corrected chi connectivity index (χ3v) is 4.34. The number of benzene rings is 1. The van der Waals surface area contributed by atoms with Crippen molar-refractivity contribution in [1.82, 2.24) is 5.32 Å². The molecule has 1 aliphatic carbocycles. The average molecular weight is 289 g/mol. The zero-order chi connectivity index (χ0) is 15.3. The Hall–Kier alpha value is -1.84. The molecule has 4 heteroatoms. The van der Waals surface area contributed by atoms with E-state index in [4.69, 9.17) is 5.11 Å². The summed E-state index contributed by atoms with van der Waals surface area (Å²) >= 11 is 0. The molecule has 0 spiro atoms. The first-order chi connectivity index (χ1) is 9.98. The normalized spacial score (nSPS) is 17.2. The maximum atomic E-state index is 12.1. The van der Waals surface area contributed by atoms with Crippen molar-refractivity contribution >= 4 is 11.9 Å². The summed E-state index contributed by atoms with van der Waals surface area (Å²) in [5.41, 5.74) is 1.33. The molecule has 2 rings (SSSR count). The quantitative estimate of drug-likeness (QED) is 0.873. The minimum atomic E-state index is -0.934. The SMILES string of the molecule is CC1(CC(=O)NCc2ccc(C(=O)O)cc2)CCCCC1. The average Bonchev–Trinajstić information content (AvgIpc) is 2.46. The van der Waals surface area contributed by atoms with Gasteiger partial charge in [-0.1, -0.05) is 38.3 Å². The van der Waals surface area contributed by atoms with E-state index >= 15 is 0 Å². The fraction of sp³-hybridized carbons (Fsp3) is 0.529. The van der Waals surface area contributed by atoms with Crippen molar-refractivity contribution in [3.05, 3.63) is 35.4 Å². The Morgan fingerprint density at radius 3 is 2.33 bits per heavy atom. The van der Waals surface area contributed by atoms with Crippen LogP contribution in [0.15, 0.2) is 24.3 Å². The number of hydrogen-bond donors (Lipinski definition) is 2. The molecular formula is C17H23NO3. The van der Waals surface area contributed by atoms with E-state index in [9.17, 15) is 9.59 Å². The zero-order valence-corrected chi connectivity index (χ0v) is 12.5. The molecule has 2 N–H and O–H groups in total. The maximum Gasteiger partial charge on any atom is 0.335 e. The van der Waals surface area contributed by atoms with Crippen LogP contribution in [0.2, 0.25) is 0 Å². The van der Waals surface area contributed by atoms with Gasteiger partial charge in [0.1, 0.15) is 0 Å². The van der Waals surface area contributed by atoms with Gasteiger partial charge in [0.25, 0.3) is 0 Å². The van der Waals surface area contributed by atoms with Gasteiger partial charge >= 0.3 is 5.97 Å². The highest BCUT2D eigenvalue weighted by atomic mass is 16.4. The van der Waals surface area contributed by atoms with Crippen LogP contribution >= 0.6 is 0 Å². The van der Waals surface area contributed by atoms with Crippen LogP contribution in [0.1, 0.15) is 61.4 Å². The minimum absolute atomic E-state index is 0.0849. The molecule has 1 amide bonds. The third kappa shape index (κ3) is 4.59. The van der Waals surface area contributed by atoms with Crippen molar-refractivity contribution in [3.63, 3.8) is 0 Å². The second-order valence-electron chi connectivity index (χ2n) is 6.33. The number of hydrogen-bond acceptors (Lipinski definition) is 2. The van der Waals surface area contributed by atoms with Crippen LogP contribution in [0.4, 0.5) is 0 Å². The lowest BCUT2D eigenvalue weighted by molar-refractivity contribution is -0.123. The molecule has 4 nitrogen and oxygen atoms in total. The van der Waals surface area contributed by atoms with Crippen molar-refractivity contribution in [2.75, 3.05) is 0 Å². The number of amides is 1. The second kappa shape index (κ2) is 6.74. The predicted octanol–water partition coefficient (Wildman–Crippen LogP) is 3.36. The molecule has 0 heterocycles. The van der Waals surface area contributed by atoms with E-state index in [0.29, 0.717) is 13.0 Å². The summed E-state index contributed by atoms with van der Waals surface area (Å²) in [6.45, 7) is 2.65. The monoisotopic (exact) mass is 289 g/mol. The highest BCUT2D eigenvalue weighted by Crippen LogP contribution is 2.38. The number of rotatable bonds is 5. The summed E-state index contributed by atoms with van der Waals surface area (Å²) in [5, 5.41) is 11.8. The minimum Gasteiger partial charge on any atom is -0.478 e. The van der Waals surface area contributed by atoms with Crippen LogP contribution in [-0.2, 0) is 11.3 Å². The molecule has 1 fully saturated rings. The number of nitrogens with one attached hydrogen (secondary N) is 1. The van der Waals surface area contributed by atoms with Gasteiger partial charge in [0, 0.05) is 13.0 Å². The second-order valence-corrected chi connectivity index (χ2v) is 6.33. The maximum absolute atomic E-state index is 12.1. The third-order valence-electron chi connectivity index (χ3n) is 4.34. The van der Waals surface area contributed by atoms with Gasteiger partial charge in [0.15, 0.2) is 0 Å². The van der Waals surface area contributed by atoms with Gasteiger partial charge in [-0.15, -0.1) is 0 Å². The first-order valence-corrected chi connectivity index (χ1v) is 7.57. The number of carboxylic acids is 1. The van der Waals surface area contributed by atoms with E-state index in [2.05, 4.69) is 12.2 Å². The zero-order valence-electron chi connectivity index (χ0n) is 12.5. The lowest BCUT2D eigenvalue weighted by Crippen LogP contribution is -2.31. The van der Waals surface area contributed by atoms with Crippen LogP contribution in [0.25, 0.3) is 0 Å². The molecule has 0 saturated heterocycles. The number of aromatic carboxylic acids is 1. The van der Waals surface area contributed by atoms with Gasteiger partial charge in [0.2, 0.25) is 5.91 Å². The molecule has 1 aromatic rings. The standard InChI is InChI=1S/C17H23NO3/c1-17(9-3-2-4-10-17)11-15(19)18-12-13-5-7-14(8-6-13)16(20)21/h5-8H,2-4,9-12H2,1H3,(H,18,19)(H,20,21). The van der Waals surface area contributed by atoms with Crippen LogP contribution in [0.3, 0.4) is 0 Å². The van der Waals surface area contributed by atoms with E-state index in [1.807, 2.05) is 0 Å². The van der Waals surface area contributed by atoms with Gasteiger partial charge in [-0.3, -0.25) is 4.79 Å². The van der Waals surface area contributed by atoms with E-state index in [0.717, 1.165) is 18.4 Å². The highest BCUT2D eigenvalue weighted by Gasteiger charge is 2.29. The molecular weight excluding hydrogens is 266 g/mol. The summed E-state index contributed by atoms with van der Waals surface area (Å²) < 4.78 is 0. The Balaban J connectivity index is 1.82. The van der Waals surface area contributed by atoms with Crippen molar-refractivity contribution in [3.8, 4) is 0 Å². The lowest BCUT2D eigenvalue weighted by Gasteiger charge is -2.32. The first kappa shape index (κ1) is 15.5. The van der Waals surface area contributed by atoms with Crippen LogP contribution in [0.5, 0.6) is 0 Å². The molecule has 0 atom stereocenters. The van der Waals surface area contributed by atoms with Gasteiger partial charge in [-0.25, -0.2) is 4.79 Å². The van der Waals surface area contributed by atoms with Gasteiger partial charge in [-0.05, 0) is 36.0 Å². The van der Waals surface area contributed by atoms with Gasteiger partial charge in [-0.2, -0.15) is 0 Å². The molecule has 21 heavy (non-hydrogen) atoms. The van der Waals surface area contributed by atoms with Crippen LogP contribution in [0, 0.1) is 5.41 Å². The van der Waals surface area contributed by atoms with E-state index in [1.54, 1.807) is 24.3 Å². The first-order valence-electron chi connectivity index (χ1n) is 7.57. The Morgan fingerprint density at radius 2 is 1.76 bits per heavy atom. The topological polar surface area (TPSA) is 66.4 Å². The molecule has 0 aliphatic heterocycles. The highest BCUT2D eigenvalue weighted by molar-refractivity contribution is 5.87. The molecule has 114 valence electrons. The molecule has 0 radical (unpaired) electrons. The summed E-state index contributed by atoms with van der Waals surface area (Å²) in [5.74, 6) is -0.850. The molecule has 0 aromatic heterocycles. The molecule has 1 aliphatic rings. The van der Waals surface area contributed by atoms with Crippen molar-refractivity contribution < 1.29 is 14.7 Å². The number of carboxylic acid groups (broad SMARTS) is 1. The van der Waals surface area contributed by atoms with Crippen molar-refractivity contribution in [1.29, 1.82) is 0 Å². The van der Waals surface area contributed by atoms with E-state index < -0.39 is 5.97 Å². The summed E-state index contributed by atoms with van der Waals surface area (Å²) in [6.07, 6.45) is 6.58. The smallest absolute Gasteiger partial charge is 0.335 e. The van der Waals surface area contributed by atoms with Crippen molar-refractivity contribution in [2.24, 2.45) is 5.41 Å². The Labute approximate surface area is 125 Å². The lowest BCUT2D eigenvalue weighted by atomic mass is 9.73. The largest absolute Gasteiger partial charge is 0.478 e. The van der Waals surface area contributed by atoms with Crippen molar-refractivity contribution in [2.45, 2.75) is 52.0 Å². The van der Waals surface area contributed by atoms with Gasteiger partial charge < -0.3 is 10.4 Å². The molecule has 0 bridgehead atoms. The Bertz CT molecular complexity index is 501. The molecule has 0 unspecified atom stereocenters. The summed E-state index contributed by atoms with van der Waals surface area (Å²) in [7, 11) is 0. The predicted molar refractivity (Wildman–Crippen MR) is 81.1 cm³/mol. The summed E-state index contributed by atoms with van der Waals surface area (Å²) in [6, 6.07) is 6.61.